The van der Waals surface area contributed by atoms with E-state index in [4.69, 9.17) is 4.42 Å². The van der Waals surface area contributed by atoms with Gasteiger partial charge in [-0.2, -0.15) is 0 Å². The van der Waals surface area contributed by atoms with Gasteiger partial charge in [0.15, 0.2) is 5.96 Å². The lowest BCUT2D eigenvalue weighted by Crippen LogP contribution is -2.41. The molecule has 1 aromatic carbocycles. The Labute approximate surface area is 154 Å². The minimum Gasteiger partial charge on any atom is -0.444 e. The Hall–Kier alpha value is -2.39. The van der Waals surface area contributed by atoms with Crippen LogP contribution in [0.3, 0.4) is 0 Å². The van der Waals surface area contributed by atoms with Crippen LogP contribution in [0.1, 0.15) is 19.5 Å². The number of aliphatic imine (C=N–C) groups is 1. The third-order valence-corrected chi connectivity index (χ3v) is 4.84. The minimum atomic E-state index is -3.18. The topological polar surface area (TPSA) is 109 Å². The summed E-state index contributed by atoms with van der Waals surface area (Å²) in [6.45, 7) is 5.33. The average Bonchev–Trinajstić information content (AvgIpc) is 3.13. The van der Waals surface area contributed by atoms with E-state index in [2.05, 4.69) is 25.3 Å². The van der Waals surface area contributed by atoms with Crippen LogP contribution in [0.5, 0.6) is 0 Å². The standard InChI is InChI=1S/C17H25N5O3S/c1-3-18-17(19-10-11-21-26(23,24)4-2)20-12-15-13-25-16(22-15)14-8-6-5-7-9-14/h5-9,13,21H,3-4,10-12H2,1-2H3,(H2,18,19,20). The summed E-state index contributed by atoms with van der Waals surface area (Å²) in [7, 11) is -3.18. The maximum absolute atomic E-state index is 11.4. The first kappa shape index (κ1) is 19.9. The number of hydrogen-bond donors (Lipinski definition) is 3. The van der Waals surface area contributed by atoms with E-state index < -0.39 is 10.0 Å². The maximum atomic E-state index is 11.4. The van der Waals surface area contributed by atoms with Crippen LogP contribution in [-0.4, -0.2) is 44.7 Å². The van der Waals surface area contributed by atoms with Gasteiger partial charge in [0, 0.05) is 25.2 Å². The predicted molar refractivity (Wildman–Crippen MR) is 102 cm³/mol. The van der Waals surface area contributed by atoms with Crippen molar-refractivity contribution in [1.82, 2.24) is 20.3 Å². The van der Waals surface area contributed by atoms with Crippen LogP contribution in [0, 0.1) is 0 Å². The van der Waals surface area contributed by atoms with Crippen molar-refractivity contribution in [3.8, 4) is 11.5 Å². The van der Waals surface area contributed by atoms with E-state index in [0.717, 1.165) is 5.56 Å². The van der Waals surface area contributed by atoms with Gasteiger partial charge in [-0.3, -0.25) is 0 Å². The van der Waals surface area contributed by atoms with E-state index >= 15 is 0 Å². The number of aromatic nitrogens is 1. The number of sulfonamides is 1. The Bertz CT molecular complexity index is 803. The third-order valence-electron chi connectivity index (χ3n) is 3.44. The molecule has 0 spiro atoms. The summed E-state index contributed by atoms with van der Waals surface area (Å²) >= 11 is 0. The summed E-state index contributed by atoms with van der Waals surface area (Å²) in [6.07, 6.45) is 1.59. The highest BCUT2D eigenvalue weighted by molar-refractivity contribution is 7.89. The largest absolute Gasteiger partial charge is 0.444 e. The summed E-state index contributed by atoms with van der Waals surface area (Å²) in [5.74, 6) is 1.21. The maximum Gasteiger partial charge on any atom is 0.226 e. The molecule has 1 heterocycles. The fourth-order valence-corrected chi connectivity index (χ4v) is 2.70. The van der Waals surface area contributed by atoms with Crippen LogP contribution < -0.4 is 15.4 Å². The number of hydrogen-bond acceptors (Lipinski definition) is 5. The van der Waals surface area contributed by atoms with E-state index in [1.807, 2.05) is 37.3 Å². The van der Waals surface area contributed by atoms with E-state index in [-0.39, 0.29) is 5.75 Å². The van der Waals surface area contributed by atoms with Gasteiger partial charge in [-0.1, -0.05) is 18.2 Å². The molecule has 0 aliphatic carbocycles. The second-order valence-electron chi connectivity index (χ2n) is 5.43. The highest BCUT2D eigenvalue weighted by Gasteiger charge is 2.07. The summed E-state index contributed by atoms with van der Waals surface area (Å²) in [5, 5.41) is 6.19. The Morgan fingerprint density at radius 2 is 1.92 bits per heavy atom. The molecule has 2 rings (SSSR count). The second kappa shape index (κ2) is 9.93. The first-order valence-electron chi connectivity index (χ1n) is 8.53. The molecule has 3 N–H and O–H groups in total. The molecular formula is C17H25N5O3S. The number of guanidine groups is 1. The van der Waals surface area contributed by atoms with Gasteiger partial charge in [0.05, 0.1) is 12.3 Å². The van der Waals surface area contributed by atoms with Gasteiger partial charge in [-0.15, -0.1) is 0 Å². The summed E-state index contributed by atoms with van der Waals surface area (Å²) in [4.78, 5) is 8.87. The second-order valence-corrected chi connectivity index (χ2v) is 7.53. The molecule has 0 amide bonds. The van der Waals surface area contributed by atoms with E-state index in [9.17, 15) is 8.42 Å². The molecule has 0 radical (unpaired) electrons. The predicted octanol–water partition coefficient (Wildman–Crippen LogP) is 1.34. The Morgan fingerprint density at radius 3 is 2.62 bits per heavy atom. The Morgan fingerprint density at radius 1 is 1.15 bits per heavy atom. The first-order chi connectivity index (χ1) is 12.5. The number of benzene rings is 1. The minimum absolute atomic E-state index is 0.0665. The molecule has 0 aliphatic rings. The van der Waals surface area contributed by atoms with Crippen LogP contribution in [0.25, 0.3) is 11.5 Å². The molecule has 0 atom stereocenters. The highest BCUT2D eigenvalue weighted by Crippen LogP contribution is 2.18. The summed E-state index contributed by atoms with van der Waals surface area (Å²) in [5.41, 5.74) is 1.63. The van der Waals surface area contributed by atoms with Crippen molar-refractivity contribution in [2.45, 2.75) is 20.4 Å². The van der Waals surface area contributed by atoms with Crippen LogP contribution in [-0.2, 0) is 16.6 Å². The molecule has 0 fully saturated rings. The fraction of sp³-hybridized carbons (Fsp3) is 0.412. The van der Waals surface area contributed by atoms with Crippen LogP contribution >= 0.6 is 0 Å². The van der Waals surface area contributed by atoms with Crippen LogP contribution in [0.2, 0.25) is 0 Å². The first-order valence-corrected chi connectivity index (χ1v) is 10.2. The zero-order valence-corrected chi connectivity index (χ0v) is 15.8. The van der Waals surface area contributed by atoms with Crippen molar-refractivity contribution in [2.75, 3.05) is 25.4 Å². The third kappa shape index (κ3) is 6.49. The quantitative estimate of drug-likeness (QED) is 0.345. The van der Waals surface area contributed by atoms with E-state index in [0.29, 0.717) is 43.7 Å². The summed E-state index contributed by atoms with van der Waals surface area (Å²) in [6, 6.07) is 9.66. The lowest BCUT2D eigenvalue weighted by molar-refractivity contribution is 0.572. The SMILES string of the molecule is CCNC(=NCc1coc(-c2ccccc2)n1)NCCNS(=O)(=O)CC. The van der Waals surface area contributed by atoms with Gasteiger partial charge >= 0.3 is 0 Å². The van der Waals surface area contributed by atoms with Crippen LogP contribution in [0.15, 0.2) is 46.0 Å². The summed E-state index contributed by atoms with van der Waals surface area (Å²) < 4.78 is 30.8. The zero-order chi connectivity index (χ0) is 18.8. The highest BCUT2D eigenvalue weighted by atomic mass is 32.2. The molecule has 2 aromatic rings. The number of nitrogens with zero attached hydrogens (tertiary/aromatic N) is 2. The molecule has 1 aromatic heterocycles. The zero-order valence-electron chi connectivity index (χ0n) is 15.0. The van der Waals surface area contributed by atoms with Gasteiger partial charge in [-0.25, -0.2) is 23.1 Å². The van der Waals surface area contributed by atoms with Crippen molar-refractivity contribution in [3.05, 3.63) is 42.3 Å². The smallest absolute Gasteiger partial charge is 0.226 e. The van der Waals surface area contributed by atoms with Crippen molar-refractivity contribution in [1.29, 1.82) is 0 Å². The van der Waals surface area contributed by atoms with Crippen molar-refractivity contribution in [2.24, 2.45) is 4.99 Å². The lowest BCUT2D eigenvalue weighted by atomic mass is 10.2. The normalized spacial score (nSPS) is 12.2. The van der Waals surface area contributed by atoms with Gasteiger partial charge in [0.2, 0.25) is 15.9 Å². The number of rotatable bonds is 9. The van der Waals surface area contributed by atoms with E-state index in [1.54, 1.807) is 13.2 Å². The van der Waals surface area contributed by atoms with Gasteiger partial charge in [-0.05, 0) is 26.0 Å². The van der Waals surface area contributed by atoms with Gasteiger partial charge in [0.25, 0.3) is 0 Å². The number of nitrogens with one attached hydrogen (secondary N) is 3. The molecule has 142 valence electrons. The number of oxazole rings is 1. The molecule has 0 aliphatic heterocycles. The molecule has 26 heavy (non-hydrogen) atoms. The monoisotopic (exact) mass is 379 g/mol. The molecular weight excluding hydrogens is 354 g/mol. The molecule has 0 saturated heterocycles. The van der Waals surface area contributed by atoms with Crippen molar-refractivity contribution < 1.29 is 12.8 Å². The average molecular weight is 379 g/mol. The van der Waals surface area contributed by atoms with Crippen LogP contribution in [0.4, 0.5) is 0 Å². The van der Waals surface area contributed by atoms with Crippen molar-refractivity contribution >= 4 is 16.0 Å². The molecule has 0 saturated carbocycles. The fourth-order valence-electron chi connectivity index (χ4n) is 2.08. The Kier molecular flexibility index (Phi) is 7.61. The van der Waals surface area contributed by atoms with Gasteiger partial charge in [0.1, 0.15) is 12.0 Å². The van der Waals surface area contributed by atoms with Crippen molar-refractivity contribution in [3.63, 3.8) is 0 Å². The molecule has 0 unspecified atom stereocenters. The lowest BCUT2D eigenvalue weighted by Gasteiger charge is -2.11. The Balaban J connectivity index is 1.89. The van der Waals surface area contributed by atoms with Gasteiger partial charge < -0.3 is 15.1 Å². The molecule has 8 nitrogen and oxygen atoms in total. The molecule has 9 heteroatoms. The van der Waals surface area contributed by atoms with E-state index in [1.165, 1.54) is 0 Å². The molecule has 0 bridgehead atoms.